The number of hydrogen-bond donors (Lipinski definition) is 0. The van der Waals surface area contributed by atoms with Crippen molar-refractivity contribution in [3.63, 3.8) is 0 Å². The Hall–Kier alpha value is -5.12. The quantitative estimate of drug-likeness (QED) is 0.197. The van der Waals surface area contributed by atoms with Gasteiger partial charge in [-0.25, -0.2) is 4.98 Å². The molecule has 7 aromatic rings. The number of benzene rings is 6. The van der Waals surface area contributed by atoms with Gasteiger partial charge in [0.05, 0.1) is 0 Å². The molecular formula is C41H32ClN3. The molecular weight excluding hydrogens is 570 g/mol. The molecule has 0 atom stereocenters. The fourth-order valence-electron chi connectivity index (χ4n) is 5.94. The number of rotatable bonds is 5. The van der Waals surface area contributed by atoms with Gasteiger partial charge in [-0.05, 0) is 72.8 Å². The third-order valence-electron chi connectivity index (χ3n) is 8.26. The zero-order valence-corrected chi connectivity index (χ0v) is 26.3. The third-order valence-corrected chi connectivity index (χ3v) is 8.43. The minimum absolute atomic E-state index is 0.101. The highest BCUT2D eigenvalue weighted by molar-refractivity contribution is 6.28. The first-order chi connectivity index (χ1) is 21.8. The van der Waals surface area contributed by atoms with Crippen molar-refractivity contribution < 1.29 is 0 Å². The van der Waals surface area contributed by atoms with Gasteiger partial charge in [0.2, 0.25) is 5.28 Å². The normalized spacial score (nSPS) is 11.6. The van der Waals surface area contributed by atoms with Crippen LogP contribution < -0.4 is 0 Å². The second-order valence-corrected chi connectivity index (χ2v) is 12.6. The molecule has 0 spiro atoms. The molecule has 6 aromatic carbocycles. The lowest BCUT2D eigenvalue weighted by molar-refractivity contribution is 0.590. The van der Waals surface area contributed by atoms with Gasteiger partial charge < -0.3 is 0 Å². The second-order valence-electron chi connectivity index (χ2n) is 12.3. The lowest BCUT2D eigenvalue weighted by Gasteiger charge is -2.19. The molecule has 0 saturated heterocycles. The van der Waals surface area contributed by atoms with E-state index in [1.54, 1.807) is 0 Å². The molecule has 0 bridgehead atoms. The highest BCUT2D eigenvalue weighted by Crippen LogP contribution is 2.38. The van der Waals surface area contributed by atoms with Gasteiger partial charge in [0, 0.05) is 11.1 Å². The van der Waals surface area contributed by atoms with Gasteiger partial charge >= 0.3 is 0 Å². The van der Waals surface area contributed by atoms with Gasteiger partial charge in [0.1, 0.15) is 0 Å². The highest BCUT2D eigenvalue weighted by atomic mass is 35.5. The zero-order valence-electron chi connectivity index (χ0n) is 25.5. The summed E-state index contributed by atoms with van der Waals surface area (Å²) in [6.45, 7) is 6.74. The van der Waals surface area contributed by atoms with E-state index in [0.29, 0.717) is 11.6 Å². The summed E-state index contributed by atoms with van der Waals surface area (Å²) in [5.41, 5.74) is 9.97. The number of hydrogen-bond acceptors (Lipinski definition) is 3. The molecule has 0 aliphatic carbocycles. The Bertz CT molecular complexity index is 2140. The van der Waals surface area contributed by atoms with E-state index in [0.717, 1.165) is 33.4 Å². The summed E-state index contributed by atoms with van der Waals surface area (Å²) >= 11 is 6.55. The van der Waals surface area contributed by atoms with Crippen LogP contribution in [0.25, 0.3) is 66.9 Å². The van der Waals surface area contributed by atoms with Crippen molar-refractivity contribution in [3.8, 4) is 56.2 Å². The number of nitrogens with zero attached hydrogens (tertiary/aromatic N) is 3. The molecule has 0 aliphatic rings. The molecule has 0 fully saturated rings. The molecule has 0 amide bonds. The van der Waals surface area contributed by atoms with Crippen molar-refractivity contribution >= 4 is 22.4 Å². The maximum atomic E-state index is 6.55. The number of halogens is 1. The summed E-state index contributed by atoms with van der Waals surface area (Å²) in [6.07, 6.45) is 0. The number of aromatic nitrogens is 3. The summed E-state index contributed by atoms with van der Waals surface area (Å²) in [6, 6.07) is 48.7. The van der Waals surface area contributed by atoms with E-state index in [9.17, 15) is 0 Å². The fourth-order valence-corrected chi connectivity index (χ4v) is 6.11. The molecule has 3 nitrogen and oxygen atoms in total. The summed E-state index contributed by atoms with van der Waals surface area (Å²) in [4.78, 5) is 14.1. The van der Waals surface area contributed by atoms with Gasteiger partial charge in [0.15, 0.2) is 11.6 Å². The van der Waals surface area contributed by atoms with Gasteiger partial charge in [-0.2, -0.15) is 9.97 Å². The minimum Gasteiger partial charge on any atom is -0.208 e. The highest BCUT2D eigenvalue weighted by Gasteiger charge is 2.17. The van der Waals surface area contributed by atoms with Crippen LogP contribution >= 0.6 is 11.6 Å². The lowest BCUT2D eigenvalue weighted by Crippen LogP contribution is -2.10. The van der Waals surface area contributed by atoms with Crippen molar-refractivity contribution in [2.45, 2.75) is 26.2 Å². The van der Waals surface area contributed by atoms with E-state index < -0.39 is 0 Å². The molecule has 4 heteroatoms. The van der Waals surface area contributed by atoms with Crippen LogP contribution in [-0.2, 0) is 5.41 Å². The fraction of sp³-hybridized carbons (Fsp3) is 0.0976. The first-order valence-electron chi connectivity index (χ1n) is 15.1. The standard InChI is InChI=1S/C41H32ClN3/c1-41(2,3)32-24-22-28(23-25-32)34-20-10-14-29-15-11-21-35(37(29)34)30-16-9-17-31(26-30)38-43-39(45-40(42)44-38)36-19-8-7-18-33(36)27-12-5-4-6-13-27/h4-26H,1-3H3. The average molecular weight is 602 g/mol. The van der Waals surface area contributed by atoms with E-state index >= 15 is 0 Å². The van der Waals surface area contributed by atoms with Crippen LogP contribution in [0, 0.1) is 0 Å². The van der Waals surface area contributed by atoms with Crippen LogP contribution in [0.15, 0.2) is 140 Å². The molecule has 0 aliphatic heterocycles. The van der Waals surface area contributed by atoms with E-state index in [2.05, 4.69) is 128 Å². The molecule has 0 saturated carbocycles. The Morgan fingerprint density at radius 2 is 0.978 bits per heavy atom. The van der Waals surface area contributed by atoms with E-state index in [4.69, 9.17) is 16.6 Å². The topological polar surface area (TPSA) is 38.7 Å². The molecule has 1 aromatic heterocycles. The van der Waals surface area contributed by atoms with Crippen molar-refractivity contribution in [2.75, 3.05) is 0 Å². The smallest absolute Gasteiger partial charge is 0.208 e. The van der Waals surface area contributed by atoms with Gasteiger partial charge in [-0.15, -0.1) is 0 Å². The van der Waals surface area contributed by atoms with Gasteiger partial charge in [0.25, 0.3) is 0 Å². The Kier molecular flexibility index (Phi) is 7.48. The van der Waals surface area contributed by atoms with Crippen molar-refractivity contribution in [1.82, 2.24) is 15.0 Å². The van der Waals surface area contributed by atoms with Crippen LogP contribution in [0.4, 0.5) is 0 Å². The predicted octanol–water partition coefficient (Wildman–Crippen LogP) is 11.3. The monoisotopic (exact) mass is 601 g/mol. The number of fused-ring (bicyclic) bond motifs is 1. The lowest BCUT2D eigenvalue weighted by atomic mass is 9.85. The molecule has 218 valence electrons. The maximum Gasteiger partial charge on any atom is 0.226 e. The minimum atomic E-state index is 0.101. The van der Waals surface area contributed by atoms with Crippen LogP contribution in [0.5, 0.6) is 0 Å². The van der Waals surface area contributed by atoms with Gasteiger partial charge in [-0.3, -0.25) is 0 Å². The molecule has 0 N–H and O–H groups in total. The predicted molar refractivity (Wildman–Crippen MR) is 188 cm³/mol. The Balaban J connectivity index is 1.33. The summed E-state index contributed by atoms with van der Waals surface area (Å²) in [5, 5.41) is 2.57. The molecule has 0 unspecified atom stereocenters. The molecule has 1 heterocycles. The molecule has 0 radical (unpaired) electrons. The van der Waals surface area contributed by atoms with Crippen LogP contribution in [-0.4, -0.2) is 15.0 Å². The van der Waals surface area contributed by atoms with E-state index in [1.807, 2.05) is 42.5 Å². The zero-order chi connectivity index (χ0) is 31.0. The Morgan fingerprint density at radius 3 is 1.69 bits per heavy atom. The maximum absolute atomic E-state index is 6.55. The second kappa shape index (κ2) is 11.8. The third kappa shape index (κ3) is 5.75. The first kappa shape index (κ1) is 28.6. The van der Waals surface area contributed by atoms with Crippen LogP contribution in [0.1, 0.15) is 26.3 Å². The largest absolute Gasteiger partial charge is 0.226 e. The average Bonchev–Trinajstić information content (AvgIpc) is 3.07. The van der Waals surface area contributed by atoms with Crippen molar-refractivity contribution in [3.05, 3.63) is 150 Å². The van der Waals surface area contributed by atoms with Gasteiger partial charge in [-0.1, -0.05) is 154 Å². The summed E-state index contributed by atoms with van der Waals surface area (Å²) in [7, 11) is 0. The molecule has 7 rings (SSSR count). The summed E-state index contributed by atoms with van der Waals surface area (Å²) in [5.74, 6) is 1.08. The van der Waals surface area contributed by atoms with Crippen molar-refractivity contribution in [1.29, 1.82) is 0 Å². The van der Waals surface area contributed by atoms with E-state index in [-0.39, 0.29) is 10.7 Å². The van der Waals surface area contributed by atoms with Crippen LogP contribution in [0.3, 0.4) is 0 Å². The van der Waals surface area contributed by atoms with Crippen molar-refractivity contribution in [2.24, 2.45) is 0 Å². The van der Waals surface area contributed by atoms with E-state index in [1.165, 1.54) is 27.5 Å². The first-order valence-corrected chi connectivity index (χ1v) is 15.5. The summed E-state index contributed by atoms with van der Waals surface area (Å²) < 4.78 is 0. The van der Waals surface area contributed by atoms with Crippen LogP contribution in [0.2, 0.25) is 5.28 Å². The Morgan fingerprint density at radius 1 is 0.444 bits per heavy atom. The molecule has 45 heavy (non-hydrogen) atoms. The SMILES string of the molecule is CC(C)(C)c1ccc(-c2cccc3cccc(-c4cccc(-c5nc(Cl)nc(-c6ccccc6-c6ccccc6)n5)c4)c23)cc1. The Labute approximate surface area is 269 Å².